The average molecular weight is 358 g/mol. The van der Waals surface area contributed by atoms with Crippen LogP contribution in [0.1, 0.15) is 65.7 Å². The number of rotatable bonds is 14. The summed E-state index contributed by atoms with van der Waals surface area (Å²) in [5.74, 6) is 1.77. The fourth-order valence-corrected chi connectivity index (χ4v) is 2.75. The van der Waals surface area contributed by atoms with Crippen LogP contribution in [0.15, 0.2) is 4.99 Å². The maximum Gasteiger partial charge on any atom is 0.305 e. The van der Waals surface area contributed by atoms with Crippen LogP contribution in [0.4, 0.5) is 0 Å². The van der Waals surface area contributed by atoms with E-state index in [9.17, 15) is 9.90 Å². The van der Waals surface area contributed by atoms with E-state index in [1.165, 1.54) is 7.11 Å². The van der Waals surface area contributed by atoms with Crippen molar-refractivity contribution in [3.8, 4) is 0 Å². The molecule has 0 aromatic rings. The molecule has 6 nitrogen and oxygen atoms in total. The number of unbranched alkanes of at least 4 members (excludes halogenated alkanes) is 3. The van der Waals surface area contributed by atoms with Crippen molar-refractivity contribution >= 4 is 11.9 Å². The predicted molar refractivity (Wildman–Crippen MR) is 104 cm³/mol. The summed E-state index contributed by atoms with van der Waals surface area (Å²) in [6, 6.07) is 0. The second kappa shape index (κ2) is 16.2. The summed E-state index contributed by atoms with van der Waals surface area (Å²) in [4.78, 5) is 15.7. The lowest BCUT2D eigenvalue weighted by Gasteiger charge is -2.17. The summed E-state index contributed by atoms with van der Waals surface area (Å²) in [7, 11) is 1.43. The summed E-state index contributed by atoms with van der Waals surface area (Å²) in [6.07, 6.45) is 6.47. The van der Waals surface area contributed by atoms with E-state index in [1.807, 2.05) is 0 Å². The van der Waals surface area contributed by atoms with E-state index < -0.39 is 0 Å². The van der Waals surface area contributed by atoms with Gasteiger partial charge >= 0.3 is 5.97 Å². The number of methoxy groups -OCH3 is 1. The fraction of sp³-hybridized carbons (Fsp3) is 0.895. The minimum atomic E-state index is -0.126. The number of aliphatic hydroxyl groups excluding tert-OH is 1. The Morgan fingerprint density at radius 1 is 1.16 bits per heavy atom. The number of carbonyl (C=O) groups excluding carboxylic acids is 1. The van der Waals surface area contributed by atoms with Crippen LogP contribution in [0, 0.1) is 11.8 Å². The maximum atomic E-state index is 11.0. The average Bonchev–Trinajstić information content (AvgIpc) is 2.57. The van der Waals surface area contributed by atoms with Crippen molar-refractivity contribution in [1.82, 2.24) is 10.6 Å². The number of aliphatic imine (C=N–C) groups is 1. The Bertz CT molecular complexity index is 360. The van der Waals surface area contributed by atoms with Gasteiger partial charge in [0.15, 0.2) is 5.96 Å². The van der Waals surface area contributed by atoms with Gasteiger partial charge in [0.1, 0.15) is 0 Å². The minimum Gasteiger partial charge on any atom is -0.469 e. The van der Waals surface area contributed by atoms with E-state index >= 15 is 0 Å². The second-order valence-electron chi connectivity index (χ2n) is 6.89. The molecule has 0 radical (unpaired) electrons. The molecule has 1 atom stereocenters. The number of hydrogen-bond acceptors (Lipinski definition) is 4. The van der Waals surface area contributed by atoms with Crippen LogP contribution < -0.4 is 10.6 Å². The molecule has 25 heavy (non-hydrogen) atoms. The van der Waals surface area contributed by atoms with Gasteiger partial charge in [-0.05, 0) is 44.4 Å². The lowest BCUT2D eigenvalue weighted by molar-refractivity contribution is -0.140. The van der Waals surface area contributed by atoms with E-state index in [2.05, 4.69) is 41.1 Å². The minimum absolute atomic E-state index is 0.126. The van der Waals surface area contributed by atoms with Crippen LogP contribution in [0.2, 0.25) is 0 Å². The normalized spacial score (nSPS) is 13.0. The van der Waals surface area contributed by atoms with Crippen molar-refractivity contribution in [2.24, 2.45) is 16.8 Å². The Morgan fingerprint density at radius 2 is 1.88 bits per heavy atom. The van der Waals surface area contributed by atoms with Crippen LogP contribution in [-0.4, -0.2) is 50.4 Å². The third-order valence-corrected chi connectivity index (χ3v) is 4.02. The first kappa shape index (κ1) is 23.7. The molecule has 0 spiro atoms. The van der Waals surface area contributed by atoms with Gasteiger partial charge in [-0.3, -0.25) is 9.79 Å². The SMILES string of the molecule is CCNC(=NCC(CCO)CC(C)C)NCCCCCCC(=O)OC. The highest BCUT2D eigenvalue weighted by molar-refractivity contribution is 5.79. The molecule has 0 heterocycles. The van der Waals surface area contributed by atoms with Gasteiger partial charge in [0.25, 0.3) is 0 Å². The van der Waals surface area contributed by atoms with Crippen LogP contribution in [0.3, 0.4) is 0 Å². The third kappa shape index (κ3) is 14.7. The topological polar surface area (TPSA) is 83.0 Å². The molecule has 0 saturated carbocycles. The number of nitrogens with zero attached hydrogens (tertiary/aromatic N) is 1. The molecule has 0 aliphatic rings. The number of aliphatic hydroxyl groups is 1. The highest BCUT2D eigenvalue weighted by atomic mass is 16.5. The second-order valence-corrected chi connectivity index (χ2v) is 6.89. The Labute approximate surface area is 153 Å². The molecular weight excluding hydrogens is 318 g/mol. The first-order valence-corrected chi connectivity index (χ1v) is 9.73. The molecular formula is C19H39N3O3. The molecule has 1 unspecified atom stereocenters. The van der Waals surface area contributed by atoms with Crippen molar-refractivity contribution in [3.05, 3.63) is 0 Å². The summed E-state index contributed by atoms with van der Waals surface area (Å²) >= 11 is 0. The van der Waals surface area contributed by atoms with Gasteiger partial charge < -0.3 is 20.5 Å². The molecule has 0 bridgehead atoms. The van der Waals surface area contributed by atoms with Crippen molar-refractivity contribution in [1.29, 1.82) is 0 Å². The van der Waals surface area contributed by atoms with Crippen molar-refractivity contribution in [2.75, 3.05) is 33.4 Å². The van der Waals surface area contributed by atoms with Crippen molar-refractivity contribution in [3.63, 3.8) is 0 Å². The summed E-state index contributed by atoms with van der Waals surface area (Å²) in [6.45, 7) is 9.15. The number of nitrogens with one attached hydrogen (secondary N) is 2. The van der Waals surface area contributed by atoms with Crippen LogP contribution in [0.5, 0.6) is 0 Å². The van der Waals surface area contributed by atoms with Crippen molar-refractivity contribution in [2.45, 2.75) is 65.7 Å². The van der Waals surface area contributed by atoms with E-state index in [-0.39, 0.29) is 12.6 Å². The Kier molecular flexibility index (Phi) is 15.3. The monoisotopic (exact) mass is 357 g/mol. The molecule has 0 aromatic carbocycles. The first-order valence-electron chi connectivity index (χ1n) is 9.73. The molecule has 0 aliphatic carbocycles. The molecule has 0 aliphatic heterocycles. The van der Waals surface area contributed by atoms with Gasteiger partial charge in [0.2, 0.25) is 0 Å². The van der Waals surface area contributed by atoms with E-state index in [1.54, 1.807) is 0 Å². The molecule has 3 N–H and O–H groups in total. The van der Waals surface area contributed by atoms with Crippen molar-refractivity contribution < 1.29 is 14.6 Å². The lowest BCUT2D eigenvalue weighted by Crippen LogP contribution is -2.38. The summed E-state index contributed by atoms with van der Waals surface area (Å²) in [5, 5.41) is 15.8. The maximum absolute atomic E-state index is 11.0. The molecule has 148 valence electrons. The zero-order valence-corrected chi connectivity index (χ0v) is 16.6. The largest absolute Gasteiger partial charge is 0.469 e. The Hall–Kier alpha value is -1.30. The molecule has 0 aromatic heterocycles. The fourth-order valence-electron chi connectivity index (χ4n) is 2.75. The number of hydrogen-bond donors (Lipinski definition) is 3. The van der Waals surface area contributed by atoms with E-state index in [0.29, 0.717) is 18.3 Å². The Balaban J connectivity index is 4.07. The zero-order valence-electron chi connectivity index (χ0n) is 16.6. The van der Waals surface area contributed by atoms with Gasteiger partial charge in [0.05, 0.1) is 7.11 Å². The summed E-state index contributed by atoms with van der Waals surface area (Å²) in [5.41, 5.74) is 0. The number of carbonyl (C=O) groups is 1. The van der Waals surface area contributed by atoms with Crippen LogP contribution in [-0.2, 0) is 9.53 Å². The number of guanidine groups is 1. The zero-order chi connectivity index (χ0) is 18.9. The predicted octanol–water partition coefficient (Wildman–Crippen LogP) is 2.71. The third-order valence-electron chi connectivity index (χ3n) is 4.02. The van der Waals surface area contributed by atoms with Crippen LogP contribution in [0.25, 0.3) is 0 Å². The quantitative estimate of drug-likeness (QED) is 0.193. The van der Waals surface area contributed by atoms with E-state index in [0.717, 1.165) is 64.1 Å². The van der Waals surface area contributed by atoms with Gasteiger partial charge in [0, 0.05) is 32.7 Å². The smallest absolute Gasteiger partial charge is 0.305 e. The lowest BCUT2D eigenvalue weighted by atomic mass is 9.94. The molecule has 6 heteroatoms. The van der Waals surface area contributed by atoms with Gasteiger partial charge in [-0.25, -0.2) is 0 Å². The first-order chi connectivity index (χ1) is 12.0. The molecule has 0 amide bonds. The summed E-state index contributed by atoms with van der Waals surface area (Å²) < 4.78 is 4.63. The van der Waals surface area contributed by atoms with E-state index in [4.69, 9.17) is 0 Å². The standard InChI is InChI=1S/C19H39N3O3/c1-5-20-19(22-15-17(11-13-23)14-16(2)3)21-12-9-7-6-8-10-18(24)25-4/h16-17,23H,5-15H2,1-4H3,(H2,20,21,22). The number of ether oxygens (including phenoxy) is 1. The highest BCUT2D eigenvalue weighted by Crippen LogP contribution is 2.15. The van der Waals surface area contributed by atoms with Crippen LogP contribution >= 0.6 is 0 Å². The molecule has 0 fully saturated rings. The van der Waals surface area contributed by atoms with Gasteiger partial charge in [-0.1, -0.05) is 26.7 Å². The van der Waals surface area contributed by atoms with Gasteiger partial charge in [-0.2, -0.15) is 0 Å². The molecule has 0 saturated heterocycles. The number of esters is 1. The highest BCUT2D eigenvalue weighted by Gasteiger charge is 2.10. The van der Waals surface area contributed by atoms with Gasteiger partial charge in [-0.15, -0.1) is 0 Å². The molecule has 0 rings (SSSR count). The Morgan fingerprint density at radius 3 is 2.48 bits per heavy atom.